The molecular formula is C9H11N7O. The normalized spacial score (nSPS) is 10.9. The fourth-order valence-corrected chi connectivity index (χ4v) is 1.13. The average molecular weight is 233 g/mol. The van der Waals surface area contributed by atoms with E-state index in [1.807, 2.05) is 0 Å². The summed E-state index contributed by atoms with van der Waals surface area (Å²) in [6.07, 6.45) is 1.52. The summed E-state index contributed by atoms with van der Waals surface area (Å²) >= 11 is 0. The predicted octanol–water partition coefficient (Wildman–Crippen LogP) is 1.39. The van der Waals surface area contributed by atoms with Crippen molar-refractivity contribution in [3.05, 3.63) is 18.3 Å². The van der Waals surface area contributed by atoms with Gasteiger partial charge in [0.25, 0.3) is 0 Å². The Hall–Kier alpha value is -2.64. The fourth-order valence-electron chi connectivity index (χ4n) is 1.13. The minimum absolute atomic E-state index is 0.202. The molecule has 2 heterocycles. The molecule has 2 aromatic rings. The van der Waals surface area contributed by atoms with Crippen molar-refractivity contribution in [2.24, 2.45) is 10.2 Å². The molecule has 0 aliphatic rings. The zero-order valence-electron chi connectivity index (χ0n) is 9.08. The van der Waals surface area contributed by atoms with Crippen LogP contribution in [0.3, 0.4) is 0 Å². The summed E-state index contributed by atoms with van der Waals surface area (Å²) < 4.78 is 4.92. The molecule has 0 aliphatic heterocycles. The minimum atomic E-state index is 0.202. The van der Waals surface area contributed by atoms with Gasteiger partial charge in [0.2, 0.25) is 5.88 Å². The number of nitrogens with one attached hydrogen (secondary N) is 1. The fraction of sp³-hybridized carbons (Fsp3) is 0.111. The molecule has 17 heavy (non-hydrogen) atoms. The third-order valence-corrected chi connectivity index (χ3v) is 1.99. The molecule has 0 atom stereocenters. The number of nitrogens with zero attached hydrogens (tertiary/aromatic N) is 4. The van der Waals surface area contributed by atoms with E-state index in [4.69, 9.17) is 16.2 Å². The van der Waals surface area contributed by atoms with Gasteiger partial charge in [0.05, 0.1) is 13.3 Å². The Morgan fingerprint density at radius 1 is 1.29 bits per heavy atom. The number of pyridine rings is 1. The highest BCUT2D eigenvalue weighted by Crippen LogP contribution is 2.28. The molecule has 0 fully saturated rings. The molecule has 8 nitrogen and oxygen atoms in total. The molecule has 8 heteroatoms. The van der Waals surface area contributed by atoms with Crippen molar-refractivity contribution < 1.29 is 4.74 Å². The Labute approximate surface area is 96.7 Å². The van der Waals surface area contributed by atoms with Gasteiger partial charge in [0.1, 0.15) is 11.5 Å². The zero-order valence-corrected chi connectivity index (χ0v) is 9.08. The van der Waals surface area contributed by atoms with E-state index in [1.54, 1.807) is 12.1 Å². The van der Waals surface area contributed by atoms with Crippen molar-refractivity contribution in [1.29, 1.82) is 0 Å². The number of rotatable bonds is 3. The quantitative estimate of drug-likeness (QED) is 0.690. The van der Waals surface area contributed by atoms with Crippen LogP contribution in [0.2, 0.25) is 0 Å². The largest absolute Gasteiger partial charge is 0.481 e. The third kappa shape index (κ3) is 2.30. The first-order valence-electron chi connectivity index (χ1n) is 4.72. The van der Waals surface area contributed by atoms with Gasteiger partial charge in [-0.2, -0.15) is 5.10 Å². The number of anilines is 2. The second-order valence-electron chi connectivity index (χ2n) is 3.13. The molecule has 0 saturated carbocycles. The van der Waals surface area contributed by atoms with Crippen molar-refractivity contribution in [1.82, 2.24) is 15.2 Å². The molecule has 0 aromatic carbocycles. The monoisotopic (exact) mass is 233 g/mol. The van der Waals surface area contributed by atoms with Gasteiger partial charge in [-0.25, -0.2) is 4.98 Å². The Morgan fingerprint density at radius 3 is 2.65 bits per heavy atom. The van der Waals surface area contributed by atoms with Crippen LogP contribution >= 0.6 is 0 Å². The second-order valence-corrected chi connectivity index (χ2v) is 3.13. The summed E-state index contributed by atoms with van der Waals surface area (Å²) in [5.41, 5.74) is 12.0. The minimum Gasteiger partial charge on any atom is -0.481 e. The zero-order chi connectivity index (χ0) is 12.3. The Kier molecular flexibility index (Phi) is 2.86. The van der Waals surface area contributed by atoms with Crippen LogP contribution in [0.25, 0.3) is 0 Å². The van der Waals surface area contributed by atoms with Gasteiger partial charge < -0.3 is 16.2 Å². The van der Waals surface area contributed by atoms with Crippen LogP contribution in [0.1, 0.15) is 0 Å². The topological polar surface area (TPSA) is 128 Å². The van der Waals surface area contributed by atoms with E-state index < -0.39 is 0 Å². The SMILES string of the molecule is COc1ccc(N=Nc2c(N)n[nH]c2N)cn1. The number of aromatic nitrogens is 3. The maximum Gasteiger partial charge on any atom is 0.213 e. The van der Waals surface area contributed by atoms with E-state index in [1.165, 1.54) is 13.3 Å². The summed E-state index contributed by atoms with van der Waals surface area (Å²) in [7, 11) is 1.54. The number of nitrogens with two attached hydrogens (primary N) is 2. The lowest BCUT2D eigenvalue weighted by molar-refractivity contribution is 0.398. The lowest BCUT2D eigenvalue weighted by atomic mass is 10.4. The van der Waals surface area contributed by atoms with Gasteiger partial charge in [-0.15, -0.1) is 10.2 Å². The van der Waals surface area contributed by atoms with Crippen LogP contribution in [-0.4, -0.2) is 22.3 Å². The highest BCUT2D eigenvalue weighted by Gasteiger charge is 2.06. The van der Waals surface area contributed by atoms with Crippen molar-refractivity contribution in [2.75, 3.05) is 18.6 Å². The number of hydrogen-bond donors (Lipinski definition) is 3. The maximum atomic E-state index is 5.56. The summed E-state index contributed by atoms with van der Waals surface area (Å²) in [5, 5.41) is 14.0. The summed E-state index contributed by atoms with van der Waals surface area (Å²) in [5.74, 6) is 0.978. The molecule has 88 valence electrons. The van der Waals surface area contributed by atoms with Gasteiger partial charge in [-0.3, -0.25) is 5.10 Å². The number of nitrogen functional groups attached to an aromatic ring is 2. The molecule has 0 aliphatic carbocycles. The molecular weight excluding hydrogens is 222 g/mol. The smallest absolute Gasteiger partial charge is 0.213 e. The molecule has 5 N–H and O–H groups in total. The molecule has 2 aromatic heterocycles. The van der Waals surface area contributed by atoms with Gasteiger partial charge in [-0.1, -0.05) is 0 Å². The first kappa shape index (κ1) is 10.9. The Morgan fingerprint density at radius 2 is 2.12 bits per heavy atom. The number of ether oxygens (including phenoxy) is 1. The van der Waals surface area contributed by atoms with E-state index >= 15 is 0 Å². The average Bonchev–Trinajstić information content (AvgIpc) is 2.67. The first-order chi connectivity index (χ1) is 8.20. The number of hydrogen-bond acceptors (Lipinski definition) is 7. The molecule has 2 rings (SSSR count). The van der Waals surface area contributed by atoms with Gasteiger partial charge in [0.15, 0.2) is 11.5 Å². The van der Waals surface area contributed by atoms with E-state index in [9.17, 15) is 0 Å². The lowest BCUT2D eigenvalue weighted by Gasteiger charge is -1.96. The van der Waals surface area contributed by atoms with E-state index in [0.29, 0.717) is 17.3 Å². The van der Waals surface area contributed by atoms with Crippen molar-refractivity contribution in [3.63, 3.8) is 0 Å². The van der Waals surface area contributed by atoms with Crippen molar-refractivity contribution >= 4 is 23.0 Å². The highest BCUT2D eigenvalue weighted by atomic mass is 16.5. The van der Waals surface area contributed by atoms with E-state index in [0.717, 1.165) is 0 Å². The van der Waals surface area contributed by atoms with Gasteiger partial charge in [0, 0.05) is 6.07 Å². The first-order valence-corrected chi connectivity index (χ1v) is 4.72. The molecule has 0 unspecified atom stereocenters. The van der Waals surface area contributed by atoms with Crippen LogP contribution in [0.5, 0.6) is 5.88 Å². The summed E-state index contributed by atoms with van der Waals surface area (Å²) in [6.45, 7) is 0. The molecule has 0 radical (unpaired) electrons. The Balaban J connectivity index is 2.20. The molecule has 0 spiro atoms. The second kappa shape index (κ2) is 4.47. The molecule has 0 amide bonds. The molecule has 0 bridgehead atoms. The number of aromatic amines is 1. The van der Waals surface area contributed by atoms with E-state index in [-0.39, 0.29) is 11.6 Å². The van der Waals surface area contributed by atoms with Crippen LogP contribution < -0.4 is 16.2 Å². The number of H-pyrrole nitrogens is 1. The summed E-state index contributed by atoms with van der Waals surface area (Å²) in [4.78, 5) is 3.98. The number of methoxy groups -OCH3 is 1. The van der Waals surface area contributed by atoms with Gasteiger partial charge in [-0.05, 0) is 6.07 Å². The van der Waals surface area contributed by atoms with Crippen LogP contribution in [0, 0.1) is 0 Å². The Bertz CT molecular complexity index is 511. The molecule has 0 saturated heterocycles. The predicted molar refractivity (Wildman–Crippen MR) is 62.4 cm³/mol. The standard InChI is InChI=1S/C9H11N7O/c1-17-6-3-2-5(4-12-6)13-14-7-8(10)15-16-9(7)11/h2-4H,1H3,(H5,10,11,15,16). The van der Waals surface area contributed by atoms with Crippen LogP contribution in [-0.2, 0) is 0 Å². The van der Waals surface area contributed by atoms with Crippen LogP contribution in [0.4, 0.5) is 23.0 Å². The maximum absolute atomic E-state index is 5.56. The van der Waals surface area contributed by atoms with E-state index in [2.05, 4.69) is 25.4 Å². The van der Waals surface area contributed by atoms with Crippen LogP contribution in [0.15, 0.2) is 28.6 Å². The number of azo groups is 1. The van der Waals surface area contributed by atoms with Gasteiger partial charge >= 0.3 is 0 Å². The third-order valence-electron chi connectivity index (χ3n) is 1.99. The van der Waals surface area contributed by atoms with Crippen molar-refractivity contribution in [3.8, 4) is 5.88 Å². The summed E-state index contributed by atoms with van der Waals surface area (Å²) in [6, 6.07) is 3.39. The highest BCUT2D eigenvalue weighted by molar-refractivity contribution is 5.70. The lowest BCUT2D eigenvalue weighted by Crippen LogP contribution is -1.85. The van der Waals surface area contributed by atoms with Crippen molar-refractivity contribution in [2.45, 2.75) is 0 Å².